The Labute approximate surface area is 202 Å². The lowest BCUT2D eigenvalue weighted by atomic mass is 9.98. The zero-order chi connectivity index (χ0) is 23.8. The Morgan fingerprint density at radius 2 is 1.97 bits per heavy atom. The summed E-state index contributed by atoms with van der Waals surface area (Å²) in [5.74, 6) is 0.140. The molecular formula is C27H23ClFN3O2. The van der Waals surface area contributed by atoms with Gasteiger partial charge in [-0.2, -0.15) is 0 Å². The Kier molecular flexibility index (Phi) is 5.84. The summed E-state index contributed by atoms with van der Waals surface area (Å²) < 4.78 is 20.7. The highest BCUT2D eigenvalue weighted by atomic mass is 35.5. The molecule has 34 heavy (non-hydrogen) atoms. The molecule has 7 heteroatoms. The number of benzene rings is 3. The van der Waals surface area contributed by atoms with E-state index in [1.807, 2.05) is 43.3 Å². The van der Waals surface area contributed by atoms with Crippen molar-refractivity contribution in [3.05, 3.63) is 88.8 Å². The van der Waals surface area contributed by atoms with Crippen LogP contribution < -0.4 is 15.0 Å². The number of hydrogen-bond acceptors (Lipinski definition) is 4. The van der Waals surface area contributed by atoms with E-state index >= 15 is 0 Å². The third-order valence-electron chi connectivity index (χ3n) is 6.03. The molecule has 1 amide bonds. The van der Waals surface area contributed by atoms with Crippen molar-refractivity contribution in [2.45, 2.75) is 12.5 Å². The lowest BCUT2D eigenvalue weighted by Crippen LogP contribution is -2.33. The van der Waals surface area contributed by atoms with E-state index in [9.17, 15) is 9.18 Å². The number of fused-ring (bicyclic) bond motifs is 2. The van der Waals surface area contributed by atoms with Crippen molar-refractivity contribution >= 4 is 34.1 Å². The molecule has 3 aromatic carbocycles. The van der Waals surface area contributed by atoms with E-state index in [-0.39, 0.29) is 11.9 Å². The molecule has 2 heterocycles. The Morgan fingerprint density at radius 3 is 2.76 bits per heavy atom. The van der Waals surface area contributed by atoms with Crippen LogP contribution in [0.3, 0.4) is 0 Å². The maximum absolute atomic E-state index is 15.0. The molecule has 0 saturated carbocycles. The average molecular weight is 476 g/mol. The van der Waals surface area contributed by atoms with Crippen LogP contribution in [0.15, 0.2) is 66.9 Å². The number of nitrogens with one attached hydrogen (secondary N) is 1. The Morgan fingerprint density at radius 1 is 1.15 bits per heavy atom. The van der Waals surface area contributed by atoms with Gasteiger partial charge in [0.05, 0.1) is 29.4 Å². The number of ether oxygens (including phenoxy) is 1. The van der Waals surface area contributed by atoms with Gasteiger partial charge in [-0.15, -0.1) is 0 Å². The maximum Gasteiger partial charge on any atom is 0.255 e. The normalized spacial score (nSPS) is 14.9. The SMILES string of the molecule is CN(C)c1c(C(=O)NC2CCOc3ccccc32)cnc2c(-c3cccc(Cl)c3)c(F)ccc12. The third kappa shape index (κ3) is 3.94. The summed E-state index contributed by atoms with van der Waals surface area (Å²) in [5, 5.41) is 4.33. The van der Waals surface area contributed by atoms with Crippen LogP contribution in [0.5, 0.6) is 5.75 Å². The summed E-state index contributed by atoms with van der Waals surface area (Å²) in [6.07, 6.45) is 2.19. The van der Waals surface area contributed by atoms with Gasteiger partial charge in [0.25, 0.3) is 5.91 Å². The second-order valence-electron chi connectivity index (χ2n) is 8.44. The number of halogens is 2. The molecule has 5 rings (SSSR count). The predicted molar refractivity (Wildman–Crippen MR) is 133 cm³/mol. The Hall–Kier alpha value is -3.64. The number of carbonyl (C=O) groups excluding carboxylic acids is 1. The minimum absolute atomic E-state index is 0.168. The minimum atomic E-state index is -0.400. The number of hydrogen-bond donors (Lipinski definition) is 1. The number of carbonyl (C=O) groups is 1. The van der Waals surface area contributed by atoms with Gasteiger partial charge in [-0.25, -0.2) is 4.39 Å². The van der Waals surface area contributed by atoms with Crippen LogP contribution in [-0.2, 0) is 0 Å². The van der Waals surface area contributed by atoms with Crippen LogP contribution in [0.25, 0.3) is 22.0 Å². The van der Waals surface area contributed by atoms with E-state index in [1.165, 1.54) is 12.3 Å². The standard InChI is InChI=1S/C27H23ClFN3O2/c1-32(2)26-19-10-11-21(29)24(16-6-5-7-17(28)14-16)25(19)30-15-20(26)27(33)31-22-12-13-34-23-9-4-3-8-18(22)23/h3-11,14-15,22H,12-13H2,1-2H3,(H,31,33). The lowest BCUT2D eigenvalue weighted by molar-refractivity contribution is 0.0925. The first kappa shape index (κ1) is 22.2. The van der Waals surface area contributed by atoms with Gasteiger partial charge >= 0.3 is 0 Å². The zero-order valence-corrected chi connectivity index (χ0v) is 19.6. The summed E-state index contributed by atoms with van der Waals surface area (Å²) in [4.78, 5) is 19.9. The van der Waals surface area contributed by atoms with Gasteiger partial charge in [0.1, 0.15) is 11.6 Å². The average Bonchev–Trinajstić information content (AvgIpc) is 2.83. The summed E-state index contributed by atoms with van der Waals surface area (Å²) in [6, 6.07) is 17.6. The first-order chi connectivity index (χ1) is 16.4. The van der Waals surface area contributed by atoms with E-state index in [4.69, 9.17) is 16.3 Å². The van der Waals surface area contributed by atoms with Crippen LogP contribution in [0, 0.1) is 5.82 Å². The first-order valence-corrected chi connectivity index (χ1v) is 11.4. The molecule has 1 unspecified atom stereocenters. The fourth-order valence-corrected chi connectivity index (χ4v) is 4.71. The molecule has 1 N–H and O–H groups in total. The highest BCUT2D eigenvalue weighted by Crippen LogP contribution is 2.37. The topological polar surface area (TPSA) is 54.5 Å². The second kappa shape index (κ2) is 8.95. The van der Waals surface area contributed by atoms with Gasteiger partial charge < -0.3 is 15.0 Å². The van der Waals surface area contributed by atoms with Gasteiger partial charge in [0.2, 0.25) is 0 Å². The number of rotatable bonds is 4. The molecule has 172 valence electrons. The second-order valence-corrected chi connectivity index (χ2v) is 8.88. The van der Waals surface area contributed by atoms with E-state index in [0.29, 0.717) is 51.3 Å². The molecule has 1 aliphatic rings. The van der Waals surface area contributed by atoms with Crippen molar-refractivity contribution in [1.82, 2.24) is 10.3 Å². The molecule has 0 spiro atoms. The number of aromatic nitrogens is 1. The zero-order valence-electron chi connectivity index (χ0n) is 18.8. The molecular weight excluding hydrogens is 453 g/mol. The van der Waals surface area contributed by atoms with Crippen LogP contribution in [0.1, 0.15) is 28.4 Å². The van der Waals surface area contributed by atoms with Crippen LogP contribution in [0.2, 0.25) is 5.02 Å². The minimum Gasteiger partial charge on any atom is -0.493 e. The van der Waals surface area contributed by atoms with Crippen molar-refractivity contribution in [2.75, 3.05) is 25.6 Å². The Bertz CT molecular complexity index is 1410. The Balaban J connectivity index is 1.60. The van der Waals surface area contributed by atoms with Crippen molar-refractivity contribution in [2.24, 2.45) is 0 Å². The highest BCUT2D eigenvalue weighted by Gasteiger charge is 2.26. The number of amides is 1. The summed E-state index contributed by atoms with van der Waals surface area (Å²) >= 11 is 6.16. The number of pyridine rings is 1. The summed E-state index contributed by atoms with van der Waals surface area (Å²) in [7, 11) is 3.72. The number of para-hydroxylation sites is 1. The number of nitrogens with zero attached hydrogens (tertiary/aromatic N) is 2. The van der Waals surface area contributed by atoms with Crippen molar-refractivity contribution in [3.8, 4) is 16.9 Å². The molecule has 0 fully saturated rings. The van der Waals surface area contributed by atoms with Crippen molar-refractivity contribution in [1.29, 1.82) is 0 Å². The molecule has 0 radical (unpaired) electrons. The lowest BCUT2D eigenvalue weighted by Gasteiger charge is -2.27. The molecule has 0 saturated heterocycles. The fourth-order valence-electron chi connectivity index (χ4n) is 4.52. The molecule has 0 aliphatic carbocycles. The third-order valence-corrected chi connectivity index (χ3v) is 6.26. The van der Waals surface area contributed by atoms with Gasteiger partial charge in [0.15, 0.2) is 0 Å². The number of anilines is 1. The molecule has 0 bridgehead atoms. The predicted octanol–water partition coefficient (Wildman–Crippen LogP) is 6.01. The summed E-state index contributed by atoms with van der Waals surface area (Å²) in [5.41, 5.74) is 3.50. The van der Waals surface area contributed by atoms with E-state index in [0.717, 1.165) is 11.3 Å². The van der Waals surface area contributed by atoms with Crippen LogP contribution in [0.4, 0.5) is 10.1 Å². The maximum atomic E-state index is 15.0. The van der Waals surface area contributed by atoms with E-state index < -0.39 is 5.82 Å². The molecule has 4 aromatic rings. The van der Waals surface area contributed by atoms with E-state index in [1.54, 1.807) is 30.3 Å². The van der Waals surface area contributed by atoms with Crippen LogP contribution >= 0.6 is 11.6 Å². The summed E-state index contributed by atoms with van der Waals surface area (Å²) in [6.45, 7) is 0.529. The largest absolute Gasteiger partial charge is 0.493 e. The van der Waals surface area contributed by atoms with Gasteiger partial charge in [0, 0.05) is 48.2 Å². The monoisotopic (exact) mass is 475 g/mol. The van der Waals surface area contributed by atoms with Gasteiger partial charge in [-0.3, -0.25) is 9.78 Å². The fraction of sp³-hybridized carbons (Fsp3) is 0.185. The quantitative estimate of drug-likeness (QED) is 0.392. The molecule has 5 nitrogen and oxygen atoms in total. The first-order valence-electron chi connectivity index (χ1n) is 11.0. The van der Waals surface area contributed by atoms with E-state index in [2.05, 4.69) is 10.3 Å². The van der Waals surface area contributed by atoms with Crippen molar-refractivity contribution < 1.29 is 13.9 Å². The molecule has 1 aliphatic heterocycles. The molecule has 1 aromatic heterocycles. The van der Waals surface area contributed by atoms with Gasteiger partial charge in [-0.05, 0) is 35.9 Å². The van der Waals surface area contributed by atoms with Gasteiger partial charge in [-0.1, -0.05) is 41.9 Å². The molecule has 1 atom stereocenters. The van der Waals surface area contributed by atoms with Crippen molar-refractivity contribution in [3.63, 3.8) is 0 Å². The highest BCUT2D eigenvalue weighted by molar-refractivity contribution is 6.31. The van der Waals surface area contributed by atoms with Crippen LogP contribution in [-0.4, -0.2) is 31.6 Å². The smallest absolute Gasteiger partial charge is 0.255 e.